The van der Waals surface area contributed by atoms with Crippen LogP contribution in [0.15, 0.2) is 34.2 Å². The first kappa shape index (κ1) is 10.5. The van der Waals surface area contributed by atoms with E-state index < -0.39 is 4.92 Å². The molecule has 0 saturated carbocycles. The summed E-state index contributed by atoms with van der Waals surface area (Å²) >= 11 is 3.29. The molecule has 15 heavy (non-hydrogen) atoms. The standard InChI is InChI=1S/C9H8N2O2S2/c12-11(13)7-1-3-8(4-2-7)15-9-10-5-6-14-9/h1-4H,5-6H2. The van der Waals surface area contributed by atoms with Crippen LogP contribution in [0.5, 0.6) is 0 Å². The number of aliphatic imine (C=N–C) groups is 1. The third-order valence-electron chi connectivity index (χ3n) is 1.81. The van der Waals surface area contributed by atoms with E-state index in [1.807, 2.05) is 0 Å². The van der Waals surface area contributed by atoms with Crippen molar-refractivity contribution in [2.75, 3.05) is 12.3 Å². The molecule has 78 valence electrons. The minimum atomic E-state index is -0.393. The van der Waals surface area contributed by atoms with Gasteiger partial charge in [-0.2, -0.15) is 0 Å². The number of hydrogen-bond donors (Lipinski definition) is 0. The third kappa shape index (κ3) is 2.73. The van der Waals surface area contributed by atoms with Crippen LogP contribution in [0.4, 0.5) is 5.69 Å². The first-order chi connectivity index (χ1) is 7.25. The van der Waals surface area contributed by atoms with Crippen LogP contribution in [0.2, 0.25) is 0 Å². The lowest BCUT2D eigenvalue weighted by atomic mass is 10.3. The lowest BCUT2D eigenvalue weighted by Crippen LogP contribution is -1.87. The maximum absolute atomic E-state index is 10.4. The fraction of sp³-hybridized carbons (Fsp3) is 0.222. The second-order valence-electron chi connectivity index (χ2n) is 2.85. The summed E-state index contributed by atoms with van der Waals surface area (Å²) in [6.45, 7) is 0.875. The highest BCUT2D eigenvalue weighted by molar-refractivity contribution is 8.39. The number of rotatable bonds is 2. The maximum Gasteiger partial charge on any atom is 0.269 e. The normalized spacial score (nSPS) is 15.1. The van der Waals surface area contributed by atoms with Gasteiger partial charge < -0.3 is 0 Å². The van der Waals surface area contributed by atoms with Crippen LogP contribution in [0.3, 0.4) is 0 Å². The number of nitrogens with zero attached hydrogens (tertiary/aromatic N) is 2. The van der Waals surface area contributed by atoms with Gasteiger partial charge in [0.2, 0.25) is 0 Å². The Hall–Kier alpha value is -1.01. The first-order valence-electron chi connectivity index (χ1n) is 4.35. The molecule has 0 fully saturated rings. The predicted molar refractivity (Wildman–Crippen MR) is 63.7 cm³/mol. The molecule has 0 N–H and O–H groups in total. The molecular formula is C9H8N2O2S2. The van der Waals surface area contributed by atoms with Crippen LogP contribution in [0.25, 0.3) is 0 Å². The van der Waals surface area contributed by atoms with Crippen molar-refractivity contribution in [2.24, 2.45) is 4.99 Å². The summed E-state index contributed by atoms with van der Waals surface area (Å²) in [5, 5.41) is 10.4. The van der Waals surface area contributed by atoms with Crippen molar-refractivity contribution in [1.29, 1.82) is 0 Å². The van der Waals surface area contributed by atoms with E-state index in [0.717, 1.165) is 21.6 Å². The van der Waals surface area contributed by atoms with Gasteiger partial charge in [0.25, 0.3) is 5.69 Å². The zero-order valence-corrected chi connectivity index (χ0v) is 9.38. The van der Waals surface area contributed by atoms with Crippen molar-refractivity contribution >= 4 is 33.6 Å². The van der Waals surface area contributed by atoms with Crippen molar-refractivity contribution in [1.82, 2.24) is 0 Å². The van der Waals surface area contributed by atoms with Gasteiger partial charge in [0.05, 0.1) is 11.5 Å². The van der Waals surface area contributed by atoms with Crippen LogP contribution < -0.4 is 0 Å². The summed E-state index contributed by atoms with van der Waals surface area (Å²) in [7, 11) is 0. The second-order valence-corrected chi connectivity index (χ2v) is 5.25. The van der Waals surface area contributed by atoms with Gasteiger partial charge in [-0.25, -0.2) is 0 Å². The summed E-state index contributed by atoms with van der Waals surface area (Å²) in [4.78, 5) is 15.3. The monoisotopic (exact) mass is 240 g/mol. The van der Waals surface area contributed by atoms with Crippen molar-refractivity contribution in [3.05, 3.63) is 34.4 Å². The molecule has 0 bridgehead atoms. The topological polar surface area (TPSA) is 55.5 Å². The predicted octanol–water partition coefficient (Wildman–Crippen LogP) is 2.79. The number of hydrogen-bond acceptors (Lipinski definition) is 5. The highest BCUT2D eigenvalue weighted by Gasteiger charge is 2.10. The van der Waals surface area contributed by atoms with E-state index in [1.54, 1.807) is 35.7 Å². The molecule has 1 heterocycles. The first-order valence-corrected chi connectivity index (χ1v) is 6.15. The molecule has 0 aliphatic carbocycles. The van der Waals surface area contributed by atoms with Gasteiger partial charge >= 0.3 is 0 Å². The van der Waals surface area contributed by atoms with Crippen molar-refractivity contribution in [3.8, 4) is 0 Å². The van der Waals surface area contributed by atoms with Gasteiger partial charge in [0.15, 0.2) is 0 Å². The average Bonchev–Trinajstić information content (AvgIpc) is 2.71. The summed E-state index contributed by atoms with van der Waals surface area (Å²) in [5.41, 5.74) is 0.125. The minimum absolute atomic E-state index is 0.125. The Morgan fingerprint density at radius 1 is 1.40 bits per heavy atom. The van der Waals surface area contributed by atoms with E-state index in [2.05, 4.69) is 4.99 Å². The molecule has 2 rings (SSSR count). The largest absolute Gasteiger partial charge is 0.271 e. The zero-order chi connectivity index (χ0) is 10.7. The van der Waals surface area contributed by atoms with Crippen LogP contribution in [-0.2, 0) is 0 Å². The van der Waals surface area contributed by atoms with Gasteiger partial charge in [0.1, 0.15) is 4.38 Å². The molecule has 6 heteroatoms. The highest BCUT2D eigenvalue weighted by atomic mass is 32.2. The minimum Gasteiger partial charge on any atom is -0.271 e. The average molecular weight is 240 g/mol. The summed E-state index contributed by atoms with van der Waals surface area (Å²) in [6.07, 6.45) is 0. The summed E-state index contributed by atoms with van der Waals surface area (Å²) < 4.78 is 1.05. The van der Waals surface area contributed by atoms with E-state index >= 15 is 0 Å². The third-order valence-corrected chi connectivity index (χ3v) is 3.99. The Morgan fingerprint density at radius 2 is 2.13 bits per heavy atom. The number of benzene rings is 1. The summed E-state index contributed by atoms with van der Waals surface area (Å²) in [6, 6.07) is 6.54. The Bertz CT molecular complexity index is 403. The van der Waals surface area contributed by atoms with Gasteiger partial charge in [-0.1, -0.05) is 23.5 Å². The van der Waals surface area contributed by atoms with E-state index in [4.69, 9.17) is 0 Å². The molecule has 1 aromatic rings. The molecule has 0 aromatic heterocycles. The van der Waals surface area contributed by atoms with Gasteiger partial charge in [-0.05, 0) is 12.1 Å². The Kier molecular flexibility index (Phi) is 3.27. The van der Waals surface area contributed by atoms with Crippen LogP contribution in [0.1, 0.15) is 0 Å². The SMILES string of the molecule is O=[N+]([O-])c1ccc(SC2=NCCS2)cc1. The Balaban J connectivity index is 2.06. The van der Waals surface area contributed by atoms with Gasteiger partial charge in [0, 0.05) is 22.8 Å². The van der Waals surface area contributed by atoms with E-state index in [0.29, 0.717) is 0 Å². The molecule has 4 nitrogen and oxygen atoms in total. The van der Waals surface area contributed by atoms with Crippen molar-refractivity contribution < 1.29 is 4.92 Å². The molecule has 0 radical (unpaired) electrons. The Morgan fingerprint density at radius 3 is 2.67 bits per heavy atom. The number of nitro groups is 1. The number of nitro benzene ring substituents is 1. The van der Waals surface area contributed by atoms with Crippen LogP contribution >= 0.6 is 23.5 Å². The van der Waals surface area contributed by atoms with Gasteiger partial charge in [-0.15, -0.1) is 0 Å². The second kappa shape index (κ2) is 4.67. The Labute approximate surface area is 95.3 Å². The fourth-order valence-electron chi connectivity index (χ4n) is 1.11. The van der Waals surface area contributed by atoms with Crippen molar-refractivity contribution in [2.45, 2.75) is 4.90 Å². The number of non-ortho nitro benzene ring substituents is 1. The zero-order valence-electron chi connectivity index (χ0n) is 7.75. The van der Waals surface area contributed by atoms with Crippen LogP contribution in [0, 0.1) is 10.1 Å². The molecule has 0 atom stereocenters. The summed E-state index contributed by atoms with van der Waals surface area (Å²) in [5.74, 6) is 1.04. The lowest BCUT2D eigenvalue weighted by Gasteiger charge is -1.98. The lowest BCUT2D eigenvalue weighted by molar-refractivity contribution is -0.384. The molecule has 1 aliphatic rings. The maximum atomic E-state index is 10.4. The smallest absolute Gasteiger partial charge is 0.269 e. The highest BCUT2D eigenvalue weighted by Crippen LogP contribution is 2.29. The number of thioether (sulfide) groups is 2. The molecule has 0 unspecified atom stereocenters. The van der Waals surface area contributed by atoms with E-state index in [9.17, 15) is 10.1 Å². The van der Waals surface area contributed by atoms with E-state index in [-0.39, 0.29) is 5.69 Å². The molecule has 1 aliphatic heterocycles. The van der Waals surface area contributed by atoms with E-state index in [1.165, 1.54) is 12.1 Å². The molecule has 0 spiro atoms. The molecule has 0 amide bonds. The molecular weight excluding hydrogens is 232 g/mol. The fourth-order valence-corrected chi connectivity index (χ4v) is 3.06. The van der Waals surface area contributed by atoms with Crippen LogP contribution in [-0.4, -0.2) is 21.6 Å². The quantitative estimate of drug-likeness (QED) is 0.589. The molecule has 0 saturated heterocycles. The van der Waals surface area contributed by atoms with Crippen molar-refractivity contribution in [3.63, 3.8) is 0 Å². The molecule has 1 aromatic carbocycles. The van der Waals surface area contributed by atoms with Gasteiger partial charge in [-0.3, -0.25) is 15.1 Å².